The van der Waals surface area contributed by atoms with Crippen molar-refractivity contribution in [2.75, 3.05) is 7.11 Å². The number of ether oxygens (including phenoxy) is 1. The topological polar surface area (TPSA) is 51.2 Å². The van der Waals surface area contributed by atoms with Crippen LogP contribution < -0.4 is 10.1 Å². The second kappa shape index (κ2) is 4.68. The first-order valence-electron chi connectivity index (χ1n) is 5.30. The number of pyridine rings is 1. The van der Waals surface area contributed by atoms with Crippen LogP contribution in [0.5, 0.6) is 5.88 Å². The number of rotatable bonds is 3. The second-order valence-electron chi connectivity index (χ2n) is 4.16. The predicted octanol–water partition coefficient (Wildman–Crippen LogP) is 2.27. The van der Waals surface area contributed by atoms with Gasteiger partial charge in [0, 0.05) is 30.5 Å². The smallest absolute Gasteiger partial charge is 0.252 e. The summed E-state index contributed by atoms with van der Waals surface area (Å²) in [6.45, 7) is 0. The molecular formula is C11H11ClF2N2O2. The molecule has 7 heteroatoms. The highest BCUT2D eigenvalue weighted by molar-refractivity contribution is 6.29. The molecule has 1 fully saturated rings. The number of carbonyl (C=O) groups excluding carboxylic acids is 1. The molecule has 1 N–H and O–H groups in total. The van der Waals surface area contributed by atoms with Crippen LogP contribution in [0.15, 0.2) is 12.1 Å². The lowest BCUT2D eigenvalue weighted by molar-refractivity contribution is -0.0901. The summed E-state index contributed by atoms with van der Waals surface area (Å²) in [7, 11) is 1.40. The number of alkyl halides is 2. The van der Waals surface area contributed by atoms with E-state index in [2.05, 4.69) is 10.3 Å². The van der Waals surface area contributed by atoms with Crippen LogP contribution in [0.1, 0.15) is 23.2 Å². The third-order valence-electron chi connectivity index (χ3n) is 2.67. The number of hydrogen-bond donors (Lipinski definition) is 1. The predicted molar refractivity (Wildman–Crippen MR) is 61.2 cm³/mol. The Morgan fingerprint density at radius 1 is 1.56 bits per heavy atom. The standard InChI is InChI=1S/C11H11ClF2N2O2/c1-18-9-3-6(2-8(12)16-9)10(17)15-7-4-11(13,14)5-7/h2-3,7H,4-5H2,1H3,(H,15,17). The van der Waals surface area contributed by atoms with Crippen molar-refractivity contribution in [1.82, 2.24) is 10.3 Å². The second-order valence-corrected chi connectivity index (χ2v) is 4.54. The van der Waals surface area contributed by atoms with E-state index in [1.165, 1.54) is 19.2 Å². The first-order valence-corrected chi connectivity index (χ1v) is 5.68. The maximum Gasteiger partial charge on any atom is 0.252 e. The van der Waals surface area contributed by atoms with E-state index in [1.807, 2.05) is 0 Å². The summed E-state index contributed by atoms with van der Waals surface area (Å²) < 4.78 is 30.1. The minimum atomic E-state index is -2.66. The molecule has 0 aromatic carbocycles. The van der Waals surface area contributed by atoms with E-state index >= 15 is 0 Å². The average molecular weight is 277 g/mol. The molecular weight excluding hydrogens is 266 g/mol. The molecule has 1 aliphatic carbocycles. The van der Waals surface area contributed by atoms with E-state index in [0.717, 1.165) is 0 Å². The van der Waals surface area contributed by atoms with Gasteiger partial charge < -0.3 is 10.1 Å². The molecule has 4 nitrogen and oxygen atoms in total. The van der Waals surface area contributed by atoms with Crippen LogP contribution in [0.3, 0.4) is 0 Å². The van der Waals surface area contributed by atoms with Crippen molar-refractivity contribution in [1.29, 1.82) is 0 Å². The molecule has 1 aliphatic rings. The number of nitrogens with one attached hydrogen (secondary N) is 1. The fourth-order valence-electron chi connectivity index (χ4n) is 1.74. The van der Waals surface area contributed by atoms with Crippen LogP contribution in [0.4, 0.5) is 8.78 Å². The number of amides is 1. The van der Waals surface area contributed by atoms with Gasteiger partial charge in [0.2, 0.25) is 5.88 Å². The van der Waals surface area contributed by atoms with Crippen LogP contribution in [-0.4, -0.2) is 30.0 Å². The molecule has 98 valence electrons. The number of hydrogen-bond acceptors (Lipinski definition) is 3. The normalized spacial score (nSPS) is 18.0. The van der Waals surface area contributed by atoms with E-state index in [9.17, 15) is 13.6 Å². The number of halogens is 3. The van der Waals surface area contributed by atoms with Gasteiger partial charge in [-0.1, -0.05) is 11.6 Å². The molecule has 1 amide bonds. The SMILES string of the molecule is COc1cc(C(=O)NC2CC(F)(F)C2)cc(Cl)n1. The molecule has 1 heterocycles. The van der Waals surface area contributed by atoms with Gasteiger partial charge >= 0.3 is 0 Å². The van der Waals surface area contributed by atoms with Gasteiger partial charge in [-0.2, -0.15) is 0 Å². The molecule has 1 saturated carbocycles. The molecule has 1 aromatic heterocycles. The fraction of sp³-hybridized carbons (Fsp3) is 0.455. The molecule has 0 radical (unpaired) electrons. The molecule has 0 bridgehead atoms. The van der Waals surface area contributed by atoms with Crippen molar-refractivity contribution >= 4 is 17.5 Å². The molecule has 0 saturated heterocycles. The van der Waals surface area contributed by atoms with Crippen LogP contribution >= 0.6 is 11.6 Å². The largest absolute Gasteiger partial charge is 0.481 e. The number of aromatic nitrogens is 1. The van der Waals surface area contributed by atoms with E-state index in [0.29, 0.717) is 0 Å². The maximum absolute atomic E-state index is 12.6. The number of nitrogens with zero attached hydrogens (tertiary/aromatic N) is 1. The van der Waals surface area contributed by atoms with Crippen molar-refractivity contribution in [2.45, 2.75) is 24.8 Å². The summed E-state index contributed by atoms with van der Waals surface area (Å²) >= 11 is 5.71. The fourth-order valence-corrected chi connectivity index (χ4v) is 1.94. The van der Waals surface area contributed by atoms with Gasteiger partial charge in [0.1, 0.15) is 5.15 Å². The van der Waals surface area contributed by atoms with Gasteiger partial charge in [0.25, 0.3) is 11.8 Å². The minimum Gasteiger partial charge on any atom is -0.481 e. The van der Waals surface area contributed by atoms with Crippen molar-refractivity contribution < 1.29 is 18.3 Å². The third kappa shape index (κ3) is 2.87. The quantitative estimate of drug-likeness (QED) is 0.862. The van der Waals surface area contributed by atoms with Gasteiger partial charge in [-0.05, 0) is 6.07 Å². The van der Waals surface area contributed by atoms with Crippen molar-refractivity contribution in [2.24, 2.45) is 0 Å². The summed E-state index contributed by atoms with van der Waals surface area (Å²) in [5, 5.41) is 2.62. The number of carbonyl (C=O) groups is 1. The summed E-state index contributed by atoms with van der Waals surface area (Å²) in [5.74, 6) is -2.92. The van der Waals surface area contributed by atoms with Crippen LogP contribution in [-0.2, 0) is 0 Å². The zero-order valence-corrected chi connectivity index (χ0v) is 10.3. The van der Waals surface area contributed by atoms with Gasteiger partial charge in [-0.3, -0.25) is 4.79 Å². The monoisotopic (exact) mass is 276 g/mol. The summed E-state index contributed by atoms with van der Waals surface area (Å²) in [4.78, 5) is 15.6. The Kier molecular flexibility index (Phi) is 3.38. The van der Waals surface area contributed by atoms with E-state index in [1.54, 1.807) is 0 Å². The Labute approximate surface area is 107 Å². The number of methoxy groups -OCH3 is 1. The average Bonchev–Trinajstić information content (AvgIpc) is 2.25. The first-order chi connectivity index (χ1) is 8.39. The molecule has 0 spiro atoms. The van der Waals surface area contributed by atoms with Gasteiger partial charge in [-0.25, -0.2) is 13.8 Å². The lowest BCUT2D eigenvalue weighted by atomic mass is 9.88. The zero-order chi connectivity index (χ0) is 13.3. The summed E-state index contributed by atoms with van der Waals surface area (Å²) in [5.41, 5.74) is 0.238. The van der Waals surface area contributed by atoms with Crippen molar-refractivity contribution in [3.63, 3.8) is 0 Å². The molecule has 2 rings (SSSR count). The Balaban J connectivity index is 2.03. The Bertz CT molecular complexity index is 474. The molecule has 18 heavy (non-hydrogen) atoms. The first kappa shape index (κ1) is 13.0. The van der Waals surface area contributed by atoms with E-state index < -0.39 is 17.9 Å². The van der Waals surface area contributed by atoms with Gasteiger partial charge in [0.15, 0.2) is 0 Å². The highest BCUT2D eigenvalue weighted by Crippen LogP contribution is 2.37. The molecule has 0 atom stereocenters. The molecule has 0 aliphatic heterocycles. The highest BCUT2D eigenvalue weighted by atomic mass is 35.5. The minimum absolute atomic E-state index is 0.110. The zero-order valence-electron chi connectivity index (χ0n) is 9.54. The lowest BCUT2D eigenvalue weighted by Gasteiger charge is -2.35. The van der Waals surface area contributed by atoms with Crippen LogP contribution in [0.25, 0.3) is 0 Å². The van der Waals surface area contributed by atoms with Crippen LogP contribution in [0.2, 0.25) is 5.15 Å². The summed E-state index contributed by atoms with van der Waals surface area (Å²) in [6.07, 6.45) is -0.649. The Hall–Kier alpha value is -1.43. The Morgan fingerprint density at radius 3 is 2.78 bits per heavy atom. The van der Waals surface area contributed by atoms with Gasteiger partial charge in [0.05, 0.1) is 7.11 Å². The van der Waals surface area contributed by atoms with Gasteiger partial charge in [-0.15, -0.1) is 0 Å². The highest BCUT2D eigenvalue weighted by Gasteiger charge is 2.45. The maximum atomic E-state index is 12.6. The van der Waals surface area contributed by atoms with E-state index in [-0.39, 0.29) is 29.4 Å². The molecule has 1 aromatic rings. The third-order valence-corrected chi connectivity index (χ3v) is 2.86. The summed E-state index contributed by atoms with van der Waals surface area (Å²) in [6, 6.07) is 2.26. The lowest BCUT2D eigenvalue weighted by Crippen LogP contribution is -2.50. The molecule has 0 unspecified atom stereocenters. The van der Waals surface area contributed by atoms with E-state index in [4.69, 9.17) is 16.3 Å². The van der Waals surface area contributed by atoms with Crippen molar-refractivity contribution in [3.05, 3.63) is 22.8 Å². The Morgan fingerprint density at radius 2 is 2.22 bits per heavy atom. The van der Waals surface area contributed by atoms with Crippen molar-refractivity contribution in [3.8, 4) is 5.88 Å². The van der Waals surface area contributed by atoms with Crippen LogP contribution in [0, 0.1) is 0 Å².